The van der Waals surface area contributed by atoms with Crippen LogP contribution < -0.4 is 15.4 Å². The number of benzene rings is 2. The van der Waals surface area contributed by atoms with Crippen LogP contribution in [0.1, 0.15) is 10.4 Å². The summed E-state index contributed by atoms with van der Waals surface area (Å²) in [5.41, 5.74) is 9.87. The van der Waals surface area contributed by atoms with Crippen molar-refractivity contribution in [2.24, 2.45) is 0 Å². The second kappa shape index (κ2) is 6.37. The van der Waals surface area contributed by atoms with Crippen LogP contribution in [0.3, 0.4) is 0 Å². The molecule has 0 saturated heterocycles. The Hall–Kier alpha value is -2.60. The minimum Gasteiger partial charge on any atom is -0.490 e. The fourth-order valence-electron chi connectivity index (χ4n) is 3.08. The molecule has 0 spiro atoms. The number of nitrogens with zero attached hydrogens (tertiary/aromatic N) is 2. The molecule has 0 aliphatic carbocycles. The van der Waals surface area contributed by atoms with E-state index in [0.717, 1.165) is 39.7 Å². The van der Waals surface area contributed by atoms with Crippen LogP contribution in [0.25, 0.3) is 11.3 Å². The van der Waals surface area contributed by atoms with Crippen molar-refractivity contribution in [2.75, 3.05) is 23.8 Å². The van der Waals surface area contributed by atoms with E-state index in [1.54, 1.807) is 0 Å². The molecule has 4 nitrogen and oxygen atoms in total. The number of nitrogen functional groups attached to an aromatic ring is 1. The number of hydrogen-bond acceptors (Lipinski definition) is 5. The van der Waals surface area contributed by atoms with Gasteiger partial charge in [0.05, 0.1) is 17.9 Å². The molecule has 0 atom stereocenters. The molecule has 0 radical (unpaired) electrons. The molecule has 4 rings (SSSR count). The number of aryl methyl sites for hydroxylation is 1. The van der Waals surface area contributed by atoms with Gasteiger partial charge in [-0.1, -0.05) is 12.1 Å². The lowest BCUT2D eigenvalue weighted by atomic mass is 10.1. The van der Waals surface area contributed by atoms with Gasteiger partial charge in [-0.05, 0) is 42.8 Å². The first-order chi connectivity index (χ1) is 12.1. The Morgan fingerprint density at radius 1 is 1.24 bits per heavy atom. The third-order valence-corrected chi connectivity index (χ3v) is 5.09. The summed E-state index contributed by atoms with van der Waals surface area (Å²) in [5, 5.41) is 0.574. The zero-order valence-electron chi connectivity index (χ0n) is 13.8. The van der Waals surface area contributed by atoms with Crippen LogP contribution in [-0.2, 0) is 6.54 Å². The highest BCUT2D eigenvalue weighted by molar-refractivity contribution is 7.15. The molecule has 6 heteroatoms. The third kappa shape index (κ3) is 3.17. The maximum absolute atomic E-state index is 13.1. The molecular formula is C19H18FN3OS. The van der Waals surface area contributed by atoms with Crippen molar-refractivity contribution in [3.05, 3.63) is 58.7 Å². The normalized spacial score (nSPS) is 13.4. The van der Waals surface area contributed by atoms with Gasteiger partial charge in [0.2, 0.25) is 0 Å². The molecule has 0 amide bonds. The number of aromatic nitrogens is 1. The van der Waals surface area contributed by atoms with E-state index in [9.17, 15) is 4.39 Å². The van der Waals surface area contributed by atoms with Crippen LogP contribution in [0.2, 0.25) is 0 Å². The number of nitrogens with two attached hydrogens (primary N) is 1. The highest BCUT2D eigenvalue weighted by Crippen LogP contribution is 2.38. The molecular weight excluding hydrogens is 337 g/mol. The quantitative estimate of drug-likeness (QED) is 0.763. The van der Waals surface area contributed by atoms with Crippen LogP contribution in [0, 0.1) is 12.7 Å². The molecule has 2 N–H and O–H groups in total. The zero-order chi connectivity index (χ0) is 17.4. The molecule has 0 fully saturated rings. The molecule has 128 valence electrons. The van der Waals surface area contributed by atoms with Gasteiger partial charge < -0.3 is 15.4 Å². The molecule has 25 heavy (non-hydrogen) atoms. The van der Waals surface area contributed by atoms with Gasteiger partial charge in [-0.25, -0.2) is 9.37 Å². The van der Waals surface area contributed by atoms with Gasteiger partial charge in [0, 0.05) is 17.0 Å². The van der Waals surface area contributed by atoms with Crippen LogP contribution in [-0.4, -0.2) is 18.1 Å². The lowest BCUT2D eigenvalue weighted by molar-refractivity contribution is 0.307. The van der Waals surface area contributed by atoms with Gasteiger partial charge in [-0.2, -0.15) is 0 Å². The van der Waals surface area contributed by atoms with E-state index < -0.39 is 0 Å². The summed E-state index contributed by atoms with van der Waals surface area (Å²) in [6, 6.07) is 12.7. The summed E-state index contributed by atoms with van der Waals surface area (Å²) in [4.78, 5) is 7.79. The second-order valence-corrected chi connectivity index (χ2v) is 7.27. The SMILES string of the molecule is Cc1sc(N)nc1-c1ccc2c(c1)N(Cc1ccc(F)cc1)CCO2. The van der Waals surface area contributed by atoms with Crippen molar-refractivity contribution in [1.29, 1.82) is 0 Å². The molecule has 0 saturated carbocycles. The highest BCUT2D eigenvalue weighted by Gasteiger charge is 2.20. The van der Waals surface area contributed by atoms with Crippen molar-refractivity contribution < 1.29 is 9.13 Å². The summed E-state index contributed by atoms with van der Waals surface area (Å²) in [6.45, 7) is 4.15. The fourth-order valence-corrected chi connectivity index (χ4v) is 3.79. The number of hydrogen-bond donors (Lipinski definition) is 1. The Morgan fingerprint density at radius 2 is 2.04 bits per heavy atom. The van der Waals surface area contributed by atoms with E-state index in [2.05, 4.69) is 16.0 Å². The van der Waals surface area contributed by atoms with Crippen molar-refractivity contribution >= 4 is 22.2 Å². The van der Waals surface area contributed by atoms with Crippen molar-refractivity contribution in [3.63, 3.8) is 0 Å². The van der Waals surface area contributed by atoms with Crippen molar-refractivity contribution in [1.82, 2.24) is 4.98 Å². The lowest BCUT2D eigenvalue weighted by Gasteiger charge is -2.31. The van der Waals surface area contributed by atoms with Crippen LogP contribution in [0.4, 0.5) is 15.2 Å². The first-order valence-corrected chi connectivity index (χ1v) is 8.91. The first kappa shape index (κ1) is 15.9. The molecule has 1 aromatic heterocycles. The van der Waals surface area contributed by atoms with Crippen LogP contribution >= 0.6 is 11.3 Å². The van der Waals surface area contributed by atoms with E-state index >= 15 is 0 Å². The zero-order valence-corrected chi connectivity index (χ0v) is 14.6. The van der Waals surface area contributed by atoms with Gasteiger partial charge in [-0.15, -0.1) is 11.3 Å². The summed E-state index contributed by atoms with van der Waals surface area (Å²) in [5.74, 6) is 0.642. The predicted octanol–water partition coefficient (Wildman–Crippen LogP) is 4.24. The Labute approximate surface area is 149 Å². The number of rotatable bonds is 3. The average Bonchev–Trinajstić information content (AvgIpc) is 2.95. The van der Waals surface area contributed by atoms with Crippen LogP contribution in [0.5, 0.6) is 5.75 Å². The largest absolute Gasteiger partial charge is 0.490 e. The Balaban J connectivity index is 1.68. The van der Waals surface area contributed by atoms with E-state index in [1.807, 2.05) is 31.2 Å². The fraction of sp³-hybridized carbons (Fsp3) is 0.211. The highest BCUT2D eigenvalue weighted by atomic mass is 32.1. The van der Waals surface area contributed by atoms with Crippen LogP contribution in [0.15, 0.2) is 42.5 Å². The summed E-state index contributed by atoms with van der Waals surface area (Å²) in [6.07, 6.45) is 0. The molecule has 2 heterocycles. The maximum Gasteiger partial charge on any atom is 0.180 e. The van der Waals surface area contributed by atoms with Gasteiger partial charge in [0.15, 0.2) is 5.13 Å². The molecule has 0 bridgehead atoms. The lowest BCUT2D eigenvalue weighted by Crippen LogP contribution is -2.32. The number of ether oxygens (including phenoxy) is 1. The topological polar surface area (TPSA) is 51.4 Å². The van der Waals surface area contributed by atoms with Gasteiger partial charge in [0.25, 0.3) is 0 Å². The standard InChI is InChI=1S/C19H18FN3OS/c1-12-18(22-19(21)25-12)14-4-7-17-16(10-14)23(8-9-24-17)11-13-2-5-15(20)6-3-13/h2-7,10H,8-9,11H2,1H3,(H2,21,22). The molecule has 2 aromatic carbocycles. The van der Waals surface area contributed by atoms with Gasteiger partial charge in [0.1, 0.15) is 18.2 Å². The molecule has 1 aliphatic rings. The third-order valence-electron chi connectivity index (χ3n) is 4.29. The summed E-state index contributed by atoms with van der Waals surface area (Å²) < 4.78 is 18.9. The number of anilines is 2. The van der Waals surface area contributed by atoms with Crippen molar-refractivity contribution in [2.45, 2.75) is 13.5 Å². The van der Waals surface area contributed by atoms with Gasteiger partial charge >= 0.3 is 0 Å². The molecule has 0 unspecified atom stereocenters. The number of fused-ring (bicyclic) bond motifs is 1. The Kier molecular flexibility index (Phi) is 4.05. The van der Waals surface area contributed by atoms with Gasteiger partial charge in [-0.3, -0.25) is 0 Å². The molecule has 3 aromatic rings. The van der Waals surface area contributed by atoms with E-state index in [0.29, 0.717) is 18.3 Å². The maximum atomic E-state index is 13.1. The van der Waals surface area contributed by atoms with Crippen molar-refractivity contribution in [3.8, 4) is 17.0 Å². The summed E-state index contributed by atoms with van der Waals surface area (Å²) in [7, 11) is 0. The minimum absolute atomic E-state index is 0.218. The average molecular weight is 355 g/mol. The smallest absolute Gasteiger partial charge is 0.180 e. The first-order valence-electron chi connectivity index (χ1n) is 8.09. The van der Waals surface area contributed by atoms with E-state index in [1.165, 1.54) is 23.5 Å². The monoisotopic (exact) mass is 355 g/mol. The second-order valence-electron chi connectivity index (χ2n) is 6.04. The number of halogens is 1. The summed E-state index contributed by atoms with van der Waals surface area (Å²) >= 11 is 1.49. The molecule has 1 aliphatic heterocycles. The Bertz CT molecular complexity index is 908. The van der Waals surface area contributed by atoms with E-state index in [4.69, 9.17) is 10.5 Å². The van der Waals surface area contributed by atoms with E-state index in [-0.39, 0.29) is 5.82 Å². The predicted molar refractivity (Wildman–Crippen MR) is 99.6 cm³/mol. The Morgan fingerprint density at radius 3 is 2.76 bits per heavy atom. The minimum atomic E-state index is -0.218. The number of thiazole rings is 1.